The van der Waals surface area contributed by atoms with Crippen LogP contribution in [-0.2, 0) is 26.1 Å². The second-order valence-electron chi connectivity index (χ2n) is 12.5. The van der Waals surface area contributed by atoms with Gasteiger partial charge in [-0.25, -0.2) is 14.2 Å². The molecule has 2 N–H and O–H groups in total. The molecule has 3 aromatic rings. The Kier molecular flexibility index (Phi) is 12.5. The quantitative estimate of drug-likeness (QED) is 0.261. The number of hydrogen-bond donors (Lipinski definition) is 2. The van der Waals surface area contributed by atoms with Crippen molar-refractivity contribution in [1.82, 2.24) is 25.1 Å². The molecule has 258 valence electrons. The van der Waals surface area contributed by atoms with Crippen LogP contribution in [0.1, 0.15) is 45.0 Å². The number of fused-ring (bicyclic) bond motifs is 1. The molecule has 14 heteroatoms. The number of carbonyl (C=O) groups excluding carboxylic acids is 2. The lowest BCUT2D eigenvalue weighted by Crippen LogP contribution is -2.55. The second kappa shape index (κ2) is 16.5. The predicted octanol–water partition coefficient (Wildman–Crippen LogP) is 2.87. The summed E-state index contributed by atoms with van der Waals surface area (Å²) in [4.78, 5) is 46.7. The number of amides is 2. The Morgan fingerprint density at radius 1 is 1.04 bits per heavy atom. The fourth-order valence-electron chi connectivity index (χ4n) is 5.55. The molecule has 1 aromatic carbocycles. The molecule has 1 fully saturated rings. The normalized spacial score (nSPS) is 15.9. The van der Waals surface area contributed by atoms with Crippen molar-refractivity contribution in [2.45, 2.75) is 45.4 Å². The van der Waals surface area contributed by atoms with Gasteiger partial charge in [-0.3, -0.25) is 14.5 Å². The first kappa shape index (κ1) is 36.3. The van der Waals surface area contributed by atoms with Gasteiger partial charge in [0.1, 0.15) is 34.7 Å². The van der Waals surface area contributed by atoms with E-state index in [-0.39, 0.29) is 36.4 Å². The lowest BCUT2D eigenvalue weighted by molar-refractivity contribution is -0.127. The van der Waals surface area contributed by atoms with E-state index < -0.39 is 23.6 Å². The van der Waals surface area contributed by atoms with Gasteiger partial charge in [-0.05, 0) is 57.5 Å². The van der Waals surface area contributed by atoms with E-state index in [0.29, 0.717) is 68.3 Å². The molecular weight excluding hydrogens is 621 g/mol. The van der Waals surface area contributed by atoms with Gasteiger partial charge in [-0.2, -0.15) is 5.26 Å². The topological polar surface area (TPSA) is 151 Å². The van der Waals surface area contributed by atoms with Crippen LogP contribution in [-0.4, -0.2) is 97.2 Å². The third kappa shape index (κ3) is 9.72. The number of hydrogen-bond acceptors (Lipinski definition) is 10. The minimum Gasteiger partial charge on any atom is -0.444 e. The maximum absolute atomic E-state index is 13.8. The lowest BCUT2D eigenvalue weighted by atomic mass is 10.0. The highest BCUT2D eigenvalue weighted by atomic mass is 19.1. The zero-order chi connectivity index (χ0) is 34.8. The maximum atomic E-state index is 13.8. The highest BCUT2D eigenvalue weighted by Crippen LogP contribution is 2.30. The SMILES string of the molecule is C[C@H]1CN(C(C(=O)NCCOCCOCCNC(=O)OC(C)(C)C)c2ccc(F)cc2)CCN1c1cc(=O)n(C)c2ccc(C#N)nc12. The largest absolute Gasteiger partial charge is 0.444 e. The number of nitriles is 1. The van der Waals surface area contributed by atoms with Crippen molar-refractivity contribution < 1.29 is 28.2 Å². The van der Waals surface area contributed by atoms with Crippen LogP contribution in [0.2, 0.25) is 0 Å². The molecule has 1 saturated heterocycles. The zero-order valence-corrected chi connectivity index (χ0v) is 28.1. The van der Waals surface area contributed by atoms with Crippen LogP contribution in [0.25, 0.3) is 11.0 Å². The molecule has 0 radical (unpaired) electrons. The van der Waals surface area contributed by atoms with Gasteiger partial charge in [0.2, 0.25) is 5.91 Å². The van der Waals surface area contributed by atoms with E-state index in [9.17, 15) is 24.0 Å². The molecule has 13 nitrogen and oxygen atoms in total. The number of anilines is 1. The first-order chi connectivity index (χ1) is 22.9. The van der Waals surface area contributed by atoms with Crippen molar-refractivity contribution in [2.24, 2.45) is 7.05 Å². The molecule has 3 heterocycles. The standard InChI is InChI=1S/C34H44FN7O6/c1-23-22-41(14-15-42(23)28-20-29(43)40(5)27-11-10-26(21-36)39-30(27)28)31(24-6-8-25(35)9-7-24)32(44)37-12-16-46-18-19-47-17-13-38-33(45)48-34(2,3)4/h6-11,20,23,31H,12-19,22H2,1-5H3,(H,37,44)(H,38,45)/t23-,31?/m0/s1. The van der Waals surface area contributed by atoms with E-state index in [2.05, 4.69) is 26.6 Å². The molecule has 0 bridgehead atoms. The smallest absolute Gasteiger partial charge is 0.407 e. The lowest BCUT2D eigenvalue weighted by Gasteiger charge is -2.44. The molecule has 1 unspecified atom stereocenters. The fourth-order valence-corrected chi connectivity index (χ4v) is 5.55. The van der Waals surface area contributed by atoms with Crippen molar-refractivity contribution in [3.8, 4) is 6.07 Å². The second-order valence-corrected chi connectivity index (χ2v) is 12.5. The summed E-state index contributed by atoms with van der Waals surface area (Å²) in [5.41, 5.74) is 1.98. The number of alkyl carbamates (subject to hydrolysis) is 1. The van der Waals surface area contributed by atoms with Crippen LogP contribution in [0.15, 0.2) is 47.3 Å². The monoisotopic (exact) mass is 665 g/mol. The summed E-state index contributed by atoms with van der Waals surface area (Å²) in [6.45, 7) is 10.6. The van der Waals surface area contributed by atoms with Crippen LogP contribution in [0.5, 0.6) is 0 Å². The number of nitrogens with one attached hydrogen (secondary N) is 2. The first-order valence-corrected chi connectivity index (χ1v) is 15.9. The molecular formula is C34H44FN7O6. The minimum atomic E-state index is -0.681. The highest BCUT2D eigenvalue weighted by molar-refractivity contribution is 5.89. The number of aromatic nitrogens is 2. The Labute approximate surface area is 279 Å². The maximum Gasteiger partial charge on any atom is 0.407 e. The molecule has 1 aliphatic heterocycles. The van der Waals surface area contributed by atoms with Crippen molar-refractivity contribution in [3.05, 3.63) is 69.9 Å². The van der Waals surface area contributed by atoms with Gasteiger partial charge in [0.05, 0.1) is 37.6 Å². The van der Waals surface area contributed by atoms with Crippen molar-refractivity contribution in [2.75, 3.05) is 64.1 Å². The van der Waals surface area contributed by atoms with E-state index in [4.69, 9.17) is 14.2 Å². The van der Waals surface area contributed by atoms with E-state index in [0.717, 1.165) is 0 Å². The summed E-state index contributed by atoms with van der Waals surface area (Å²) < 4.78 is 31.6. The highest BCUT2D eigenvalue weighted by Gasteiger charge is 2.34. The molecule has 2 atom stereocenters. The Balaban J connectivity index is 1.32. The van der Waals surface area contributed by atoms with Gasteiger partial charge >= 0.3 is 6.09 Å². The number of nitrogens with zero attached hydrogens (tertiary/aromatic N) is 5. The van der Waals surface area contributed by atoms with E-state index >= 15 is 0 Å². The summed E-state index contributed by atoms with van der Waals surface area (Å²) in [5.74, 6) is -0.635. The van der Waals surface area contributed by atoms with Gasteiger partial charge in [-0.15, -0.1) is 0 Å². The Bertz CT molecular complexity index is 1670. The van der Waals surface area contributed by atoms with Crippen LogP contribution < -0.4 is 21.1 Å². The van der Waals surface area contributed by atoms with E-state index in [1.165, 1.54) is 16.7 Å². The van der Waals surface area contributed by atoms with Crippen LogP contribution in [0, 0.1) is 17.1 Å². The summed E-state index contributed by atoms with van der Waals surface area (Å²) >= 11 is 0. The number of piperazine rings is 1. The summed E-state index contributed by atoms with van der Waals surface area (Å²) in [6.07, 6.45) is -0.502. The summed E-state index contributed by atoms with van der Waals surface area (Å²) in [7, 11) is 1.67. The molecule has 0 saturated carbocycles. The third-order valence-corrected chi connectivity index (χ3v) is 7.78. The number of benzene rings is 1. The number of pyridine rings is 2. The van der Waals surface area contributed by atoms with Crippen LogP contribution in [0.4, 0.5) is 14.9 Å². The fraction of sp³-hybridized carbons (Fsp3) is 0.500. The molecule has 0 aliphatic carbocycles. The molecule has 4 rings (SSSR count). The first-order valence-electron chi connectivity index (χ1n) is 15.9. The summed E-state index contributed by atoms with van der Waals surface area (Å²) in [6, 6.07) is 12.0. The van der Waals surface area contributed by atoms with Crippen molar-refractivity contribution in [3.63, 3.8) is 0 Å². The van der Waals surface area contributed by atoms with Gasteiger partial charge in [0.25, 0.3) is 5.56 Å². The molecule has 2 amide bonds. The van der Waals surface area contributed by atoms with Gasteiger partial charge < -0.3 is 34.3 Å². The Morgan fingerprint density at radius 2 is 1.71 bits per heavy atom. The third-order valence-electron chi connectivity index (χ3n) is 7.78. The number of rotatable bonds is 13. The van der Waals surface area contributed by atoms with Crippen molar-refractivity contribution in [1.29, 1.82) is 5.26 Å². The molecule has 48 heavy (non-hydrogen) atoms. The van der Waals surface area contributed by atoms with Crippen LogP contribution in [0.3, 0.4) is 0 Å². The van der Waals surface area contributed by atoms with Gasteiger partial charge in [0, 0.05) is 51.9 Å². The number of carbonyl (C=O) groups is 2. The predicted molar refractivity (Wildman–Crippen MR) is 178 cm³/mol. The molecule has 2 aromatic heterocycles. The number of halogens is 1. The minimum absolute atomic E-state index is 0.125. The van der Waals surface area contributed by atoms with Gasteiger partial charge in [0.15, 0.2) is 0 Å². The number of ether oxygens (including phenoxy) is 3. The number of aryl methyl sites for hydroxylation is 1. The average molecular weight is 666 g/mol. The summed E-state index contributed by atoms with van der Waals surface area (Å²) in [5, 5.41) is 15.0. The average Bonchev–Trinajstić information content (AvgIpc) is 3.04. The molecule has 0 spiro atoms. The van der Waals surface area contributed by atoms with Crippen molar-refractivity contribution >= 4 is 28.7 Å². The Morgan fingerprint density at radius 3 is 2.33 bits per heavy atom. The zero-order valence-electron chi connectivity index (χ0n) is 28.1. The van der Waals surface area contributed by atoms with Gasteiger partial charge in [-0.1, -0.05) is 12.1 Å². The van der Waals surface area contributed by atoms with E-state index in [1.54, 1.807) is 58.2 Å². The molecule has 1 aliphatic rings. The van der Waals surface area contributed by atoms with Crippen LogP contribution >= 0.6 is 0 Å². The Hall–Kier alpha value is -4.58. The van der Waals surface area contributed by atoms with E-state index in [1.807, 2.05) is 11.8 Å².